The van der Waals surface area contributed by atoms with Gasteiger partial charge in [-0.15, -0.1) is 0 Å². The second-order valence-electron chi connectivity index (χ2n) is 3.59. The Morgan fingerprint density at radius 1 is 1.43 bits per heavy atom. The van der Waals surface area contributed by atoms with Gasteiger partial charge in [0.15, 0.2) is 5.16 Å². The molecule has 0 aliphatic carbocycles. The van der Waals surface area contributed by atoms with Crippen LogP contribution in [0.15, 0.2) is 11.4 Å². The molecule has 0 aliphatic heterocycles. The number of ether oxygens (including phenoxy) is 1. The van der Waals surface area contributed by atoms with E-state index < -0.39 is 17.9 Å². The first-order valence-electron chi connectivity index (χ1n) is 5.92. The van der Waals surface area contributed by atoms with Crippen molar-refractivity contribution >= 4 is 35.5 Å². The number of nitrogens with two attached hydrogens (primary N) is 1. The number of nitrogens with zero attached hydrogens (tertiary/aromatic N) is 2. The number of anilines is 1. The molecule has 9 nitrogen and oxygen atoms in total. The van der Waals surface area contributed by atoms with Gasteiger partial charge >= 0.3 is 12.0 Å². The first kappa shape index (κ1) is 16.7. The lowest BCUT2D eigenvalue weighted by molar-refractivity contribution is -0.117. The van der Waals surface area contributed by atoms with Crippen LogP contribution in [-0.4, -0.2) is 47.3 Å². The van der Waals surface area contributed by atoms with Gasteiger partial charge < -0.3 is 15.8 Å². The maximum absolute atomic E-state index is 11.5. The van der Waals surface area contributed by atoms with Crippen LogP contribution in [0.25, 0.3) is 0 Å². The molecule has 10 heteroatoms. The minimum atomic E-state index is -0.607. The van der Waals surface area contributed by atoms with Crippen LogP contribution in [0.3, 0.4) is 0 Å². The van der Waals surface area contributed by atoms with E-state index in [2.05, 4.69) is 20.6 Å². The molecule has 0 saturated carbocycles. The summed E-state index contributed by atoms with van der Waals surface area (Å²) in [6.45, 7) is 1.89. The van der Waals surface area contributed by atoms with E-state index in [4.69, 9.17) is 10.5 Å². The van der Waals surface area contributed by atoms with Crippen LogP contribution in [0, 0.1) is 0 Å². The van der Waals surface area contributed by atoms with Crippen molar-refractivity contribution in [1.29, 1.82) is 0 Å². The van der Waals surface area contributed by atoms with E-state index in [1.807, 2.05) is 0 Å². The molecule has 0 atom stereocenters. The molecule has 0 radical (unpaired) electrons. The summed E-state index contributed by atoms with van der Waals surface area (Å²) in [6, 6.07) is -0.598. The molecule has 1 rings (SSSR count). The number of urea groups is 1. The fourth-order valence-electron chi connectivity index (χ4n) is 1.17. The minimum Gasteiger partial charge on any atom is -0.462 e. The van der Waals surface area contributed by atoms with Gasteiger partial charge in [0.05, 0.1) is 12.4 Å². The number of thioether (sulfide) groups is 1. The van der Waals surface area contributed by atoms with E-state index in [-0.39, 0.29) is 28.9 Å². The third-order valence-corrected chi connectivity index (χ3v) is 2.97. The molecular formula is C11H15N5O4S. The number of carbonyl (C=O) groups is 3. The smallest absolute Gasteiger partial charge is 0.343 e. The number of amides is 3. The van der Waals surface area contributed by atoms with Gasteiger partial charge in [-0.1, -0.05) is 11.8 Å². The third kappa shape index (κ3) is 5.26. The van der Waals surface area contributed by atoms with Gasteiger partial charge in [0.25, 0.3) is 0 Å². The minimum absolute atomic E-state index is 0.0299. The first-order valence-corrected chi connectivity index (χ1v) is 6.90. The van der Waals surface area contributed by atoms with Crippen molar-refractivity contribution in [2.45, 2.75) is 12.1 Å². The SMILES string of the molecule is CCOC(=O)c1cnc(SCC(=O)NC(=O)NC)nc1N. The van der Waals surface area contributed by atoms with Crippen LogP contribution in [0.5, 0.6) is 0 Å². The van der Waals surface area contributed by atoms with Crippen molar-refractivity contribution in [3.05, 3.63) is 11.8 Å². The Bertz CT molecular complexity index is 551. The van der Waals surface area contributed by atoms with Crippen LogP contribution in [0.4, 0.5) is 10.6 Å². The lowest BCUT2D eigenvalue weighted by Gasteiger charge is -2.06. The number of nitrogens with one attached hydrogen (secondary N) is 2. The molecule has 0 spiro atoms. The van der Waals surface area contributed by atoms with E-state index in [1.165, 1.54) is 13.2 Å². The number of rotatable bonds is 5. The molecule has 4 N–H and O–H groups in total. The van der Waals surface area contributed by atoms with Crippen LogP contribution in [-0.2, 0) is 9.53 Å². The highest BCUT2D eigenvalue weighted by Gasteiger charge is 2.14. The lowest BCUT2D eigenvalue weighted by atomic mass is 10.3. The molecule has 1 aromatic heterocycles. The third-order valence-electron chi connectivity index (χ3n) is 2.10. The summed E-state index contributed by atoms with van der Waals surface area (Å²) in [7, 11) is 1.40. The summed E-state index contributed by atoms with van der Waals surface area (Å²) in [6.07, 6.45) is 1.24. The van der Waals surface area contributed by atoms with E-state index in [9.17, 15) is 14.4 Å². The van der Waals surface area contributed by atoms with Crippen molar-refractivity contribution < 1.29 is 19.1 Å². The standard InChI is InChI=1S/C11H15N5O4S/c1-3-20-9(18)6-4-14-11(16-8(6)12)21-5-7(17)15-10(19)13-2/h4H,3,5H2,1-2H3,(H2,12,14,16)(H2,13,15,17,19). The quantitative estimate of drug-likeness (QED) is 0.385. The van der Waals surface area contributed by atoms with Gasteiger partial charge in [0, 0.05) is 13.2 Å². The lowest BCUT2D eigenvalue weighted by Crippen LogP contribution is -2.38. The highest BCUT2D eigenvalue weighted by atomic mass is 32.2. The van der Waals surface area contributed by atoms with Crippen LogP contribution in [0.2, 0.25) is 0 Å². The Hall–Kier alpha value is -2.36. The largest absolute Gasteiger partial charge is 0.462 e. The monoisotopic (exact) mass is 313 g/mol. The average Bonchev–Trinajstić information content (AvgIpc) is 2.45. The van der Waals surface area contributed by atoms with E-state index in [0.717, 1.165) is 11.8 Å². The zero-order valence-corrected chi connectivity index (χ0v) is 12.3. The molecular weight excluding hydrogens is 298 g/mol. The molecule has 21 heavy (non-hydrogen) atoms. The average molecular weight is 313 g/mol. The molecule has 0 aromatic carbocycles. The normalized spacial score (nSPS) is 9.81. The van der Waals surface area contributed by atoms with Gasteiger partial charge in [0.1, 0.15) is 11.4 Å². The van der Waals surface area contributed by atoms with Crippen molar-refractivity contribution in [2.24, 2.45) is 0 Å². The van der Waals surface area contributed by atoms with Gasteiger partial charge in [-0.05, 0) is 6.92 Å². The molecule has 0 unspecified atom stereocenters. The number of imide groups is 1. The molecule has 3 amide bonds. The number of hydrogen-bond donors (Lipinski definition) is 3. The zero-order chi connectivity index (χ0) is 15.8. The van der Waals surface area contributed by atoms with Crippen molar-refractivity contribution in [1.82, 2.24) is 20.6 Å². The van der Waals surface area contributed by atoms with E-state index >= 15 is 0 Å². The Morgan fingerprint density at radius 2 is 2.14 bits per heavy atom. The highest BCUT2D eigenvalue weighted by Crippen LogP contribution is 2.16. The zero-order valence-electron chi connectivity index (χ0n) is 11.5. The summed E-state index contributed by atoms with van der Waals surface area (Å²) in [5, 5.41) is 4.56. The Morgan fingerprint density at radius 3 is 2.71 bits per heavy atom. The van der Waals surface area contributed by atoms with Gasteiger partial charge in [-0.25, -0.2) is 19.6 Å². The molecule has 0 saturated heterocycles. The van der Waals surface area contributed by atoms with E-state index in [0.29, 0.717) is 0 Å². The molecule has 0 aliphatic rings. The fraction of sp³-hybridized carbons (Fsp3) is 0.364. The van der Waals surface area contributed by atoms with Crippen molar-refractivity contribution in [3.63, 3.8) is 0 Å². The second-order valence-corrected chi connectivity index (χ2v) is 4.53. The highest BCUT2D eigenvalue weighted by molar-refractivity contribution is 7.99. The van der Waals surface area contributed by atoms with Crippen LogP contribution < -0.4 is 16.4 Å². The van der Waals surface area contributed by atoms with Crippen LogP contribution in [0.1, 0.15) is 17.3 Å². The Labute approximate surface area is 125 Å². The predicted octanol–water partition coefficient (Wildman–Crippen LogP) is -0.217. The van der Waals surface area contributed by atoms with Gasteiger partial charge in [-0.3, -0.25) is 10.1 Å². The molecule has 0 fully saturated rings. The second kappa shape index (κ2) is 8.04. The summed E-state index contributed by atoms with van der Waals surface area (Å²) in [5.74, 6) is -1.21. The van der Waals surface area contributed by atoms with Gasteiger partial charge in [0.2, 0.25) is 5.91 Å². The molecule has 1 aromatic rings. The van der Waals surface area contributed by atoms with E-state index in [1.54, 1.807) is 6.92 Å². The summed E-state index contributed by atoms with van der Waals surface area (Å²) in [4.78, 5) is 41.6. The molecule has 0 bridgehead atoms. The number of esters is 1. The fourth-order valence-corrected chi connectivity index (χ4v) is 1.79. The topological polar surface area (TPSA) is 136 Å². The Kier molecular flexibility index (Phi) is 6.40. The number of aromatic nitrogens is 2. The summed E-state index contributed by atoms with van der Waals surface area (Å²) in [5.41, 5.74) is 5.70. The van der Waals surface area contributed by atoms with Gasteiger partial charge in [-0.2, -0.15) is 0 Å². The first-order chi connectivity index (χ1) is 9.97. The van der Waals surface area contributed by atoms with Crippen molar-refractivity contribution in [2.75, 3.05) is 25.1 Å². The summed E-state index contributed by atoms with van der Waals surface area (Å²) >= 11 is 0.983. The molecule has 114 valence electrons. The van der Waals surface area contributed by atoms with Crippen LogP contribution >= 0.6 is 11.8 Å². The maximum Gasteiger partial charge on any atom is 0.343 e. The number of nitrogen functional groups attached to an aromatic ring is 1. The number of carbonyl (C=O) groups excluding carboxylic acids is 3. The predicted molar refractivity (Wildman–Crippen MR) is 75.7 cm³/mol. The maximum atomic E-state index is 11.5. The molecule has 1 heterocycles. The Balaban J connectivity index is 2.62. The summed E-state index contributed by atoms with van der Waals surface area (Å²) < 4.78 is 4.79. The number of hydrogen-bond acceptors (Lipinski definition) is 8. The van der Waals surface area contributed by atoms with Crippen molar-refractivity contribution in [3.8, 4) is 0 Å².